The summed E-state index contributed by atoms with van der Waals surface area (Å²) in [6.45, 7) is 8.43. The van der Waals surface area contributed by atoms with Crippen molar-refractivity contribution in [3.8, 4) is 22.5 Å². The van der Waals surface area contributed by atoms with Crippen LogP contribution in [0.3, 0.4) is 0 Å². The molecule has 188 valence electrons. The van der Waals surface area contributed by atoms with Gasteiger partial charge in [0, 0.05) is 12.0 Å². The second-order valence-electron chi connectivity index (χ2n) is 9.55. The lowest BCUT2D eigenvalue weighted by Gasteiger charge is -2.19. The van der Waals surface area contributed by atoms with Crippen molar-refractivity contribution in [2.75, 3.05) is 0 Å². The molecule has 0 unspecified atom stereocenters. The van der Waals surface area contributed by atoms with Crippen molar-refractivity contribution >= 4 is 6.09 Å². The number of tetrazole rings is 1. The molecule has 0 bridgehead atoms. The summed E-state index contributed by atoms with van der Waals surface area (Å²) < 4.78 is 7.21. The molecule has 0 atom stereocenters. The topological polar surface area (TPSA) is 123 Å². The van der Waals surface area contributed by atoms with Crippen LogP contribution >= 0.6 is 0 Å². The summed E-state index contributed by atoms with van der Waals surface area (Å²) in [4.78, 5) is 16.8. The number of carbonyl (C=O) groups is 1. The second kappa shape index (κ2) is 11.1. The lowest BCUT2D eigenvalue weighted by molar-refractivity contribution is 0.0521. The molecule has 0 aliphatic carbocycles. The number of rotatable bonds is 9. The third kappa shape index (κ3) is 6.53. The predicted molar refractivity (Wildman–Crippen MR) is 136 cm³/mol. The van der Waals surface area contributed by atoms with Crippen LogP contribution in [0.15, 0.2) is 48.5 Å². The Hall–Kier alpha value is -4.08. The fraction of sp³-hybridized carbons (Fsp3) is 0.385. The molecule has 36 heavy (non-hydrogen) atoms. The number of hydrogen-bond acceptors (Lipinski definition) is 7. The number of aromatic amines is 1. The number of H-pyrrole nitrogens is 1. The molecule has 1 amide bonds. The van der Waals surface area contributed by atoms with Crippen LogP contribution in [0.4, 0.5) is 4.79 Å². The molecular formula is C26H32N8O2. The normalized spacial score (nSPS) is 11.4. The van der Waals surface area contributed by atoms with Crippen LogP contribution in [0.25, 0.3) is 22.5 Å². The summed E-state index contributed by atoms with van der Waals surface area (Å²) in [6, 6.07) is 16.3. The van der Waals surface area contributed by atoms with Crippen molar-refractivity contribution in [1.29, 1.82) is 0 Å². The van der Waals surface area contributed by atoms with Gasteiger partial charge in [-0.05, 0) is 54.3 Å². The van der Waals surface area contributed by atoms with E-state index in [2.05, 4.69) is 62.1 Å². The summed E-state index contributed by atoms with van der Waals surface area (Å²) in [5.74, 6) is 2.10. The van der Waals surface area contributed by atoms with Crippen molar-refractivity contribution in [3.63, 3.8) is 0 Å². The number of aromatic nitrogens is 7. The summed E-state index contributed by atoms with van der Waals surface area (Å²) in [7, 11) is 0. The summed E-state index contributed by atoms with van der Waals surface area (Å²) in [5, 5.41) is 21.8. The Morgan fingerprint density at radius 1 is 1.08 bits per heavy atom. The molecule has 0 fully saturated rings. The van der Waals surface area contributed by atoms with Crippen molar-refractivity contribution in [3.05, 3.63) is 65.7 Å². The number of ether oxygens (including phenoxy) is 1. The van der Waals surface area contributed by atoms with Crippen LogP contribution in [-0.4, -0.2) is 47.1 Å². The van der Waals surface area contributed by atoms with Crippen LogP contribution in [0.1, 0.15) is 57.7 Å². The van der Waals surface area contributed by atoms with Gasteiger partial charge in [0.25, 0.3) is 0 Å². The number of aryl methyl sites for hydroxylation is 1. The molecule has 0 aliphatic rings. The van der Waals surface area contributed by atoms with E-state index >= 15 is 0 Å². The molecule has 10 heteroatoms. The zero-order valence-electron chi connectivity index (χ0n) is 21.2. The number of unbranched alkanes of at least 4 members (excludes halogenated alkanes) is 1. The van der Waals surface area contributed by atoms with Gasteiger partial charge in [-0.3, -0.25) is 0 Å². The average Bonchev–Trinajstić information content (AvgIpc) is 3.51. The van der Waals surface area contributed by atoms with Gasteiger partial charge >= 0.3 is 6.09 Å². The van der Waals surface area contributed by atoms with E-state index in [0.717, 1.165) is 47.3 Å². The molecule has 0 radical (unpaired) electrons. The minimum Gasteiger partial charge on any atom is -0.444 e. The Labute approximate surface area is 210 Å². The zero-order chi connectivity index (χ0) is 25.5. The SMILES string of the molecule is CCCCc1nc(CNC(=O)OC(C)(C)C)n(Cc2ccc(-c3ccccc3-c3nnn[nH]3)cc2)n1. The summed E-state index contributed by atoms with van der Waals surface area (Å²) >= 11 is 0. The van der Waals surface area contributed by atoms with Crippen LogP contribution in [-0.2, 0) is 24.2 Å². The van der Waals surface area contributed by atoms with E-state index in [4.69, 9.17) is 9.84 Å². The fourth-order valence-corrected chi connectivity index (χ4v) is 3.77. The Bertz CT molecular complexity index is 1270. The van der Waals surface area contributed by atoms with E-state index in [9.17, 15) is 4.79 Å². The van der Waals surface area contributed by atoms with Gasteiger partial charge in [-0.1, -0.05) is 61.9 Å². The van der Waals surface area contributed by atoms with E-state index in [-0.39, 0.29) is 6.54 Å². The molecule has 2 heterocycles. The van der Waals surface area contributed by atoms with Crippen molar-refractivity contribution < 1.29 is 9.53 Å². The third-order valence-electron chi connectivity index (χ3n) is 5.46. The highest BCUT2D eigenvalue weighted by molar-refractivity contribution is 5.80. The van der Waals surface area contributed by atoms with E-state index in [1.54, 1.807) is 0 Å². The number of benzene rings is 2. The predicted octanol–water partition coefficient (Wildman–Crippen LogP) is 4.54. The lowest BCUT2D eigenvalue weighted by atomic mass is 9.98. The van der Waals surface area contributed by atoms with Gasteiger partial charge in [-0.15, -0.1) is 5.10 Å². The Morgan fingerprint density at radius 2 is 1.83 bits per heavy atom. The maximum Gasteiger partial charge on any atom is 0.408 e. The van der Waals surface area contributed by atoms with Crippen LogP contribution < -0.4 is 5.32 Å². The second-order valence-corrected chi connectivity index (χ2v) is 9.55. The molecular weight excluding hydrogens is 456 g/mol. The molecule has 0 saturated heterocycles. The molecule has 0 saturated carbocycles. The van der Waals surface area contributed by atoms with E-state index in [1.807, 2.05) is 49.7 Å². The minimum absolute atomic E-state index is 0.241. The average molecular weight is 489 g/mol. The van der Waals surface area contributed by atoms with Gasteiger partial charge in [0.05, 0.1) is 13.1 Å². The van der Waals surface area contributed by atoms with Gasteiger partial charge in [0.15, 0.2) is 11.6 Å². The van der Waals surface area contributed by atoms with E-state index in [0.29, 0.717) is 18.2 Å². The lowest BCUT2D eigenvalue weighted by Crippen LogP contribution is -2.32. The van der Waals surface area contributed by atoms with E-state index < -0.39 is 11.7 Å². The van der Waals surface area contributed by atoms with Gasteiger partial charge in [0.1, 0.15) is 11.4 Å². The number of alkyl carbamates (subject to hydrolysis) is 1. The monoisotopic (exact) mass is 488 g/mol. The fourth-order valence-electron chi connectivity index (χ4n) is 3.77. The van der Waals surface area contributed by atoms with Crippen molar-refractivity contribution in [2.45, 2.75) is 65.6 Å². The first-order valence-electron chi connectivity index (χ1n) is 12.1. The van der Waals surface area contributed by atoms with E-state index in [1.165, 1.54) is 0 Å². The van der Waals surface area contributed by atoms with Crippen molar-refractivity contribution in [2.24, 2.45) is 0 Å². The Kier molecular flexibility index (Phi) is 7.72. The van der Waals surface area contributed by atoms with Gasteiger partial charge in [-0.25, -0.2) is 19.6 Å². The van der Waals surface area contributed by atoms with Crippen LogP contribution in [0.5, 0.6) is 0 Å². The minimum atomic E-state index is -0.561. The molecule has 4 aromatic rings. The highest BCUT2D eigenvalue weighted by Crippen LogP contribution is 2.29. The largest absolute Gasteiger partial charge is 0.444 e. The highest BCUT2D eigenvalue weighted by atomic mass is 16.6. The molecule has 2 N–H and O–H groups in total. The highest BCUT2D eigenvalue weighted by Gasteiger charge is 2.18. The molecule has 10 nitrogen and oxygen atoms in total. The van der Waals surface area contributed by atoms with Crippen LogP contribution in [0.2, 0.25) is 0 Å². The maximum atomic E-state index is 12.2. The van der Waals surface area contributed by atoms with Gasteiger partial charge in [0.2, 0.25) is 0 Å². The summed E-state index contributed by atoms with van der Waals surface area (Å²) in [5.41, 5.74) is 3.53. The standard InChI is InChI=1S/C26H32N8O2/c1-5-6-11-22-28-23(16-27-25(35)36-26(2,3)4)34(31-22)17-18-12-14-19(15-13-18)20-9-7-8-10-21(20)24-29-32-33-30-24/h7-10,12-15H,5-6,11,16-17H2,1-4H3,(H,27,35)(H,29,30,32,33). The first-order chi connectivity index (χ1) is 17.3. The number of nitrogens with one attached hydrogen (secondary N) is 2. The number of nitrogens with zero attached hydrogens (tertiary/aromatic N) is 6. The molecule has 0 spiro atoms. The quantitative estimate of drug-likeness (QED) is 0.354. The molecule has 2 aromatic heterocycles. The smallest absolute Gasteiger partial charge is 0.408 e. The molecule has 4 rings (SSSR count). The molecule has 0 aliphatic heterocycles. The zero-order valence-corrected chi connectivity index (χ0v) is 21.2. The number of carbonyl (C=O) groups excluding carboxylic acids is 1. The maximum absolute atomic E-state index is 12.2. The van der Waals surface area contributed by atoms with Crippen molar-refractivity contribution in [1.82, 2.24) is 40.7 Å². The van der Waals surface area contributed by atoms with Crippen LogP contribution in [0, 0.1) is 0 Å². The Morgan fingerprint density at radius 3 is 2.50 bits per heavy atom. The van der Waals surface area contributed by atoms with Gasteiger partial charge < -0.3 is 10.1 Å². The number of amides is 1. The summed E-state index contributed by atoms with van der Waals surface area (Å²) in [6.07, 6.45) is 2.40. The first kappa shape index (κ1) is 25.0. The number of hydrogen-bond donors (Lipinski definition) is 2. The van der Waals surface area contributed by atoms with Gasteiger partial charge in [-0.2, -0.15) is 5.10 Å². The Balaban J connectivity index is 1.51. The molecule has 2 aromatic carbocycles. The first-order valence-corrected chi connectivity index (χ1v) is 12.1. The third-order valence-corrected chi connectivity index (χ3v) is 5.46.